The number of amides is 2. The first-order valence-corrected chi connectivity index (χ1v) is 10.7. The molecule has 1 aromatic carbocycles. The van der Waals surface area contributed by atoms with E-state index in [9.17, 15) is 4.79 Å². The zero-order chi connectivity index (χ0) is 21.2. The summed E-state index contributed by atoms with van der Waals surface area (Å²) in [6, 6.07) is 11.8. The van der Waals surface area contributed by atoms with Crippen molar-refractivity contribution in [2.75, 3.05) is 63.2 Å². The van der Waals surface area contributed by atoms with Crippen molar-refractivity contribution in [2.24, 2.45) is 0 Å². The lowest BCUT2D eigenvalue weighted by Gasteiger charge is -2.29. The molecule has 1 saturated heterocycles. The van der Waals surface area contributed by atoms with Crippen molar-refractivity contribution >= 4 is 17.4 Å². The minimum atomic E-state index is -0.0780. The monoisotopic (exact) mass is 411 g/mol. The smallest absolute Gasteiger partial charge is 0.322 e. The molecule has 1 aliphatic heterocycles. The minimum absolute atomic E-state index is 0.0780. The average molecular weight is 412 g/mol. The minimum Gasteiger partial charge on any atom is -0.379 e. The molecule has 1 aliphatic rings. The summed E-state index contributed by atoms with van der Waals surface area (Å²) in [6.45, 7) is 8.71. The van der Waals surface area contributed by atoms with E-state index in [-0.39, 0.29) is 6.03 Å². The molecule has 7 nitrogen and oxygen atoms in total. The molecule has 2 aromatic rings. The molecule has 0 spiro atoms. The second-order valence-electron chi connectivity index (χ2n) is 7.55. The van der Waals surface area contributed by atoms with E-state index in [2.05, 4.69) is 27.0 Å². The Bertz CT molecular complexity index is 780. The third-order valence-corrected chi connectivity index (χ3v) is 5.45. The van der Waals surface area contributed by atoms with Gasteiger partial charge < -0.3 is 19.9 Å². The highest BCUT2D eigenvalue weighted by molar-refractivity contribution is 5.93. The number of morpholine rings is 1. The van der Waals surface area contributed by atoms with Gasteiger partial charge in [0, 0.05) is 58.7 Å². The van der Waals surface area contributed by atoms with Gasteiger partial charge in [0.15, 0.2) is 0 Å². The van der Waals surface area contributed by atoms with E-state index in [4.69, 9.17) is 4.74 Å². The van der Waals surface area contributed by atoms with Gasteiger partial charge in [0.1, 0.15) is 0 Å². The molecular weight excluding hydrogens is 378 g/mol. The lowest BCUT2D eigenvalue weighted by atomic mass is 10.2. The fourth-order valence-electron chi connectivity index (χ4n) is 3.55. The maximum absolute atomic E-state index is 13.2. The molecule has 0 atom stereocenters. The predicted octanol–water partition coefficient (Wildman–Crippen LogP) is 3.29. The summed E-state index contributed by atoms with van der Waals surface area (Å²) in [6.07, 6.45) is 4.46. The number of ether oxygens (including phenoxy) is 1. The molecule has 2 heterocycles. The molecule has 0 aliphatic carbocycles. The Labute approximate surface area is 179 Å². The van der Waals surface area contributed by atoms with Crippen molar-refractivity contribution in [2.45, 2.75) is 19.9 Å². The largest absolute Gasteiger partial charge is 0.379 e. The number of rotatable bonds is 9. The van der Waals surface area contributed by atoms with Crippen LogP contribution in [0.5, 0.6) is 0 Å². The van der Waals surface area contributed by atoms with Gasteiger partial charge in [0.05, 0.1) is 24.6 Å². The number of anilines is 2. The third kappa shape index (κ3) is 6.43. The summed E-state index contributed by atoms with van der Waals surface area (Å²) in [5.74, 6) is 0. The standard InChI is InChI=1S/C23H33N5O2/c1-3-26(2)22-8-5-4-7-21(22)25-23(29)28(19-20-9-11-24-12-10-20)14-6-13-27-15-17-30-18-16-27/h4-5,7-12H,3,6,13-19H2,1-2H3,(H,25,29). The quantitative estimate of drug-likeness (QED) is 0.686. The Hall–Kier alpha value is -2.64. The van der Waals surface area contributed by atoms with E-state index >= 15 is 0 Å². The fourth-order valence-corrected chi connectivity index (χ4v) is 3.55. The van der Waals surface area contributed by atoms with E-state index in [0.717, 1.165) is 62.8 Å². The maximum Gasteiger partial charge on any atom is 0.322 e. The topological polar surface area (TPSA) is 60.9 Å². The van der Waals surface area contributed by atoms with E-state index in [1.165, 1.54) is 0 Å². The molecule has 2 amide bonds. The number of hydrogen-bond acceptors (Lipinski definition) is 5. The SMILES string of the molecule is CCN(C)c1ccccc1NC(=O)N(CCCN1CCOCC1)Cc1ccncc1. The molecule has 7 heteroatoms. The second kappa shape index (κ2) is 11.5. The molecule has 0 unspecified atom stereocenters. The van der Waals surface area contributed by atoms with Crippen LogP contribution in [0.1, 0.15) is 18.9 Å². The highest BCUT2D eigenvalue weighted by Gasteiger charge is 2.17. The second-order valence-corrected chi connectivity index (χ2v) is 7.55. The van der Waals surface area contributed by atoms with Gasteiger partial charge in [-0.3, -0.25) is 9.88 Å². The van der Waals surface area contributed by atoms with Crippen molar-refractivity contribution in [1.82, 2.24) is 14.8 Å². The zero-order valence-electron chi connectivity index (χ0n) is 18.1. The third-order valence-electron chi connectivity index (χ3n) is 5.45. The zero-order valence-corrected chi connectivity index (χ0v) is 18.1. The number of aromatic nitrogens is 1. The first kappa shape index (κ1) is 22.1. The Morgan fingerprint density at radius 2 is 1.90 bits per heavy atom. The lowest BCUT2D eigenvalue weighted by Crippen LogP contribution is -2.40. The van der Waals surface area contributed by atoms with Gasteiger partial charge in [-0.15, -0.1) is 0 Å². The number of nitrogens with one attached hydrogen (secondary N) is 1. The Morgan fingerprint density at radius 1 is 1.17 bits per heavy atom. The van der Waals surface area contributed by atoms with Crippen LogP contribution in [0.15, 0.2) is 48.8 Å². The van der Waals surface area contributed by atoms with Gasteiger partial charge in [-0.05, 0) is 43.2 Å². The number of carbonyl (C=O) groups excluding carboxylic acids is 1. The molecule has 1 fully saturated rings. The highest BCUT2D eigenvalue weighted by atomic mass is 16.5. The van der Waals surface area contributed by atoms with Crippen molar-refractivity contribution in [3.63, 3.8) is 0 Å². The number of carbonyl (C=O) groups is 1. The average Bonchev–Trinajstić information content (AvgIpc) is 2.79. The number of nitrogens with zero attached hydrogens (tertiary/aromatic N) is 4. The van der Waals surface area contributed by atoms with Gasteiger partial charge in [0.2, 0.25) is 0 Å². The summed E-state index contributed by atoms with van der Waals surface area (Å²) in [4.78, 5) is 23.7. The number of benzene rings is 1. The summed E-state index contributed by atoms with van der Waals surface area (Å²) in [5.41, 5.74) is 2.93. The summed E-state index contributed by atoms with van der Waals surface area (Å²) >= 11 is 0. The first-order valence-electron chi connectivity index (χ1n) is 10.7. The van der Waals surface area contributed by atoms with Gasteiger partial charge in [-0.1, -0.05) is 12.1 Å². The van der Waals surface area contributed by atoms with Crippen LogP contribution in [0.2, 0.25) is 0 Å². The number of para-hydroxylation sites is 2. The molecular formula is C23H33N5O2. The highest BCUT2D eigenvalue weighted by Crippen LogP contribution is 2.25. The Balaban J connectivity index is 1.66. The van der Waals surface area contributed by atoms with Gasteiger partial charge in [-0.2, -0.15) is 0 Å². The molecule has 1 N–H and O–H groups in total. The summed E-state index contributed by atoms with van der Waals surface area (Å²) < 4.78 is 5.42. The van der Waals surface area contributed by atoms with Crippen molar-refractivity contribution in [1.29, 1.82) is 0 Å². The van der Waals surface area contributed by atoms with Crippen LogP contribution < -0.4 is 10.2 Å². The van der Waals surface area contributed by atoms with E-state index in [1.807, 2.05) is 48.3 Å². The molecule has 1 aromatic heterocycles. The van der Waals surface area contributed by atoms with Crippen molar-refractivity contribution in [3.05, 3.63) is 54.4 Å². The van der Waals surface area contributed by atoms with E-state index in [1.54, 1.807) is 12.4 Å². The molecule has 162 valence electrons. The van der Waals surface area contributed by atoms with Crippen LogP contribution in [0.4, 0.5) is 16.2 Å². The molecule has 0 radical (unpaired) electrons. The van der Waals surface area contributed by atoms with Crippen molar-refractivity contribution in [3.8, 4) is 0 Å². The van der Waals surface area contributed by atoms with E-state index < -0.39 is 0 Å². The maximum atomic E-state index is 13.2. The number of hydrogen-bond donors (Lipinski definition) is 1. The number of urea groups is 1. The molecule has 0 saturated carbocycles. The van der Waals surface area contributed by atoms with Crippen LogP contribution in [0.3, 0.4) is 0 Å². The molecule has 0 bridgehead atoms. The number of pyridine rings is 1. The van der Waals surface area contributed by atoms with Gasteiger partial charge in [-0.25, -0.2) is 4.79 Å². The first-order chi connectivity index (χ1) is 14.7. The normalized spacial score (nSPS) is 14.3. The Kier molecular flexibility index (Phi) is 8.47. The van der Waals surface area contributed by atoms with Crippen LogP contribution in [-0.4, -0.2) is 73.8 Å². The van der Waals surface area contributed by atoms with Crippen LogP contribution in [0.25, 0.3) is 0 Å². The lowest BCUT2D eigenvalue weighted by molar-refractivity contribution is 0.0365. The molecule has 30 heavy (non-hydrogen) atoms. The summed E-state index contributed by atoms with van der Waals surface area (Å²) in [7, 11) is 2.03. The van der Waals surface area contributed by atoms with Crippen LogP contribution in [0, 0.1) is 0 Å². The van der Waals surface area contributed by atoms with Gasteiger partial charge in [0.25, 0.3) is 0 Å². The van der Waals surface area contributed by atoms with E-state index in [0.29, 0.717) is 13.1 Å². The van der Waals surface area contributed by atoms with Crippen LogP contribution in [-0.2, 0) is 11.3 Å². The van der Waals surface area contributed by atoms with Gasteiger partial charge >= 0.3 is 6.03 Å². The predicted molar refractivity (Wildman–Crippen MR) is 121 cm³/mol. The summed E-state index contributed by atoms with van der Waals surface area (Å²) in [5, 5.41) is 3.13. The van der Waals surface area contributed by atoms with Crippen LogP contribution >= 0.6 is 0 Å². The Morgan fingerprint density at radius 3 is 2.63 bits per heavy atom. The molecule has 3 rings (SSSR count). The van der Waals surface area contributed by atoms with Crippen molar-refractivity contribution < 1.29 is 9.53 Å². The fraction of sp³-hybridized carbons (Fsp3) is 0.478.